The second-order valence-corrected chi connectivity index (χ2v) is 8.47. The molecule has 0 aliphatic carbocycles. The van der Waals surface area contributed by atoms with Crippen molar-refractivity contribution in [2.75, 3.05) is 53.4 Å². The highest BCUT2D eigenvalue weighted by molar-refractivity contribution is 14.0. The van der Waals surface area contributed by atoms with E-state index in [2.05, 4.69) is 48.2 Å². The van der Waals surface area contributed by atoms with Crippen LogP contribution in [-0.2, 0) is 11.3 Å². The minimum absolute atomic E-state index is 0. The number of piperazine rings is 1. The molecule has 1 aliphatic rings. The van der Waals surface area contributed by atoms with Crippen LogP contribution in [-0.4, -0.2) is 79.9 Å². The van der Waals surface area contributed by atoms with Gasteiger partial charge in [0.05, 0.1) is 3.79 Å². The van der Waals surface area contributed by atoms with Crippen molar-refractivity contribution in [1.82, 2.24) is 20.0 Å². The van der Waals surface area contributed by atoms with Crippen molar-refractivity contribution in [2.45, 2.75) is 13.5 Å². The van der Waals surface area contributed by atoms with Crippen LogP contribution in [0.4, 0.5) is 0 Å². The third kappa shape index (κ3) is 7.40. The lowest BCUT2D eigenvalue weighted by molar-refractivity contribution is -0.127. The van der Waals surface area contributed by atoms with Gasteiger partial charge in [-0.05, 0) is 35.0 Å². The average Bonchev–Trinajstić information content (AvgIpc) is 2.97. The van der Waals surface area contributed by atoms with E-state index in [9.17, 15) is 4.79 Å². The second kappa shape index (κ2) is 11.3. The molecule has 0 aromatic carbocycles. The van der Waals surface area contributed by atoms with Gasteiger partial charge in [0.15, 0.2) is 5.96 Å². The van der Waals surface area contributed by atoms with Gasteiger partial charge in [-0.15, -0.1) is 35.3 Å². The van der Waals surface area contributed by atoms with Gasteiger partial charge >= 0.3 is 0 Å². The smallest absolute Gasteiger partial charge is 0.243 e. The molecule has 0 radical (unpaired) electrons. The van der Waals surface area contributed by atoms with Gasteiger partial charge in [0.25, 0.3) is 0 Å². The molecule has 0 unspecified atom stereocenters. The molecule has 1 N–H and O–H groups in total. The van der Waals surface area contributed by atoms with E-state index in [1.807, 2.05) is 6.92 Å². The Morgan fingerprint density at radius 1 is 1.32 bits per heavy atom. The van der Waals surface area contributed by atoms with Crippen molar-refractivity contribution in [3.05, 3.63) is 20.8 Å². The molecule has 0 atom stereocenters. The van der Waals surface area contributed by atoms with E-state index >= 15 is 0 Å². The summed E-state index contributed by atoms with van der Waals surface area (Å²) in [6, 6.07) is 4.29. The maximum Gasteiger partial charge on any atom is 0.243 e. The van der Waals surface area contributed by atoms with Gasteiger partial charge < -0.3 is 15.1 Å². The molecular formula is C16H27BrIN5OS. The molecule has 6 nitrogen and oxygen atoms in total. The summed E-state index contributed by atoms with van der Waals surface area (Å²) >= 11 is 5.31. The average molecular weight is 544 g/mol. The Morgan fingerprint density at radius 2 is 2.00 bits per heavy atom. The summed E-state index contributed by atoms with van der Waals surface area (Å²) in [6.07, 6.45) is 0. The van der Waals surface area contributed by atoms with Crippen LogP contribution in [0.2, 0.25) is 0 Å². The van der Waals surface area contributed by atoms with Gasteiger partial charge in [-0.3, -0.25) is 9.69 Å². The third-order valence-corrected chi connectivity index (χ3v) is 5.49. The van der Waals surface area contributed by atoms with Crippen molar-refractivity contribution in [3.63, 3.8) is 0 Å². The third-order valence-electron chi connectivity index (χ3n) is 3.88. The summed E-state index contributed by atoms with van der Waals surface area (Å²) in [6.45, 7) is 7.90. The van der Waals surface area contributed by atoms with Gasteiger partial charge in [-0.1, -0.05) is 0 Å². The predicted octanol–water partition coefficient (Wildman–Crippen LogP) is 2.30. The maximum atomic E-state index is 11.8. The molecular weight excluding hydrogens is 517 g/mol. The van der Waals surface area contributed by atoms with E-state index in [0.717, 1.165) is 45.2 Å². The number of carbonyl (C=O) groups is 1. The molecule has 1 aliphatic heterocycles. The standard InChI is InChI=1S/C16H26BrN5OS.HI/c1-4-18-16(19-11-15(23)20(2)3)22-9-7-21(8-10-22)12-13-5-6-14(17)24-13;/h5-6H,4,7-12H2,1-3H3,(H,18,19);1H. The number of hydrogen-bond acceptors (Lipinski definition) is 4. The SMILES string of the molecule is CCNC(=NCC(=O)N(C)C)N1CCN(Cc2ccc(Br)s2)CC1.I. The number of nitrogens with zero attached hydrogens (tertiary/aromatic N) is 4. The monoisotopic (exact) mass is 543 g/mol. The number of nitrogens with one attached hydrogen (secondary N) is 1. The summed E-state index contributed by atoms with van der Waals surface area (Å²) in [5.74, 6) is 0.860. The first-order valence-electron chi connectivity index (χ1n) is 8.19. The van der Waals surface area contributed by atoms with E-state index in [0.29, 0.717) is 0 Å². The molecule has 1 aromatic rings. The first kappa shape index (κ1) is 22.7. The second-order valence-electron chi connectivity index (χ2n) is 5.93. The molecule has 1 saturated heterocycles. The van der Waals surface area contributed by atoms with E-state index in [4.69, 9.17) is 0 Å². The summed E-state index contributed by atoms with van der Waals surface area (Å²) < 4.78 is 1.18. The first-order valence-corrected chi connectivity index (χ1v) is 9.80. The van der Waals surface area contributed by atoms with Crippen molar-refractivity contribution < 1.29 is 4.79 Å². The largest absolute Gasteiger partial charge is 0.357 e. The molecule has 142 valence electrons. The van der Waals surface area contributed by atoms with Crippen LogP contribution in [0.25, 0.3) is 0 Å². The number of aliphatic imine (C=N–C) groups is 1. The molecule has 25 heavy (non-hydrogen) atoms. The summed E-state index contributed by atoms with van der Waals surface area (Å²) in [5, 5.41) is 3.30. The van der Waals surface area contributed by atoms with Crippen LogP contribution in [0.5, 0.6) is 0 Å². The number of carbonyl (C=O) groups excluding carboxylic acids is 1. The molecule has 2 heterocycles. The van der Waals surface area contributed by atoms with Crippen molar-refractivity contribution in [2.24, 2.45) is 4.99 Å². The minimum Gasteiger partial charge on any atom is -0.357 e. The quantitative estimate of drug-likeness (QED) is 0.352. The van der Waals surface area contributed by atoms with E-state index < -0.39 is 0 Å². The van der Waals surface area contributed by atoms with Crippen LogP contribution in [0.3, 0.4) is 0 Å². The molecule has 1 aromatic heterocycles. The Labute approximate surface area is 179 Å². The summed E-state index contributed by atoms with van der Waals surface area (Å²) in [7, 11) is 3.51. The van der Waals surface area contributed by atoms with E-state index in [1.54, 1.807) is 30.3 Å². The Bertz CT molecular complexity index is 573. The summed E-state index contributed by atoms with van der Waals surface area (Å²) in [5.41, 5.74) is 0. The lowest BCUT2D eigenvalue weighted by atomic mass is 10.3. The molecule has 1 fully saturated rings. The van der Waals surface area contributed by atoms with Gasteiger partial charge in [0.2, 0.25) is 5.91 Å². The number of hydrogen-bond donors (Lipinski definition) is 1. The number of amides is 1. The zero-order valence-corrected chi connectivity index (χ0v) is 19.7. The predicted molar refractivity (Wildman–Crippen MR) is 119 cm³/mol. The molecule has 0 spiro atoms. The zero-order chi connectivity index (χ0) is 17.5. The number of likely N-dealkylation sites (N-methyl/N-ethyl adjacent to an activating group) is 1. The fourth-order valence-corrected chi connectivity index (χ4v) is 4.01. The zero-order valence-electron chi connectivity index (χ0n) is 15.0. The van der Waals surface area contributed by atoms with Crippen molar-refractivity contribution in [3.8, 4) is 0 Å². The fourth-order valence-electron chi connectivity index (χ4n) is 2.48. The number of thiophene rings is 1. The topological polar surface area (TPSA) is 51.2 Å². The molecule has 2 rings (SSSR count). The highest BCUT2D eigenvalue weighted by Crippen LogP contribution is 2.23. The van der Waals surface area contributed by atoms with Crippen molar-refractivity contribution in [1.29, 1.82) is 0 Å². The molecule has 9 heteroatoms. The van der Waals surface area contributed by atoms with Gasteiger partial charge in [0.1, 0.15) is 6.54 Å². The Balaban J connectivity index is 0.00000312. The van der Waals surface area contributed by atoms with Crippen LogP contribution in [0.1, 0.15) is 11.8 Å². The number of guanidine groups is 1. The van der Waals surface area contributed by atoms with Gasteiger partial charge in [-0.2, -0.15) is 0 Å². The van der Waals surface area contributed by atoms with Crippen LogP contribution in [0.15, 0.2) is 20.9 Å². The maximum absolute atomic E-state index is 11.8. The van der Waals surface area contributed by atoms with E-state index in [1.165, 1.54) is 8.66 Å². The molecule has 1 amide bonds. The molecule has 0 saturated carbocycles. The lowest BCUT2D eigenvalue weighted by Crippen LogP contribution is -2.52. The normalized spacial score (nSPS) is 15.7. The molecule has 0 bridgehead atoms. The minimum atomic E-state index is 0. The Kier molecular flexibility index (Phi) is 10.3. The fraction of sp³-hybridized carbons (Fsp3) is 0.625. The van der Waals surface area contributed by atoms with Crippen LogP contribution < -0.4 is 5.32 Å². The Morgan fingerprint density at radius 3 is 2.52 bits per heavy atom. The summed E-state index contributed by atoms with van der Waals surface area (Å²) in [4.78, 5) is 23.9. The highest BCUT2D eigenvalue weighted by Gasteiger charge is 2.20. The van der Waals surface area contributed by atoms with Crippen LogP contribution in [0, 0.1) is 0 Å². The van der Waals surface area contributed by atoms with Crippen LogP contribution >= 0.6 is 51.2 Å². The van der Waals surface area contributed by atoms with Crippen molar-refractivity contribution >= 4 is 63.1 Å². The number of halogens is 2. The highest BCUT2D eigenvalue weighted by atomic mass is 127. The van der Waals surface area contributed by atoms with Gasteiger partial charge in [0, 0.05) is 58.2 Å². The lowest BCUT2D eigenvalue weighted by Gasteiger charge is -2.36. The Hall–Kier alpha value is -0.390. The first-order chi connectivity index (χ1) is 11.5. The number of rotatable bonds is 5. The van der Waals surface area contributed by atoms with Gasteiger partial charge in [-0.25, -0.2) is 4.99 Å². The van der Waals surface area contributed by atoms with E-state index in [-0.39, 0.29) is 36.4 Å².